The van der Waals surface area contributed by atoms with Crippen LogP contribution in [0.4, 0.5) is 10.5 Å². The number of hydrogen-bond acceptors (Lipinski definition) is 3. The van der Waals surface area contributed by atoms with E-state index in [1.807, 2.05) is 85.6 Å². The minimum Gasteiger partial charge on any atom is -0.332 e. The van der Waals surface area contributed by atoms with Gasteiger partial charge < -0.3 is 15.1 Å². The molecule has 0 fully saturated rings. The molecule has 1 heterocycles. The van der Waals surface area contributed by atoms with Gasteiger partial charge >= 0.3 is 6.03 Å². The molecule has 0 aliphatic heterocycles. The second-order valence-electron chi connectivity index (χ2n) is 8.48. The van der Waals surface area contributed by atoms with E-state index in [-0.39, 0.29) is 24.4 Å². The Hall–Kier alpha value is -2.83. The molecule has 7 heteroatoms. The first-order valence-corrected chi connectivity index (χ1v) is 12.2. The lowest BCUT2D eigenvalue weighted by Gasteiger charge is -2.29. The third-order valence-corrected chi connectivity index (χ3v) is 6.39. The Morgan fingerprint density at radius 1 is 1.00 bits per heavy atom. The standard InChI is InChI=1S/C26H30ClN3O2S/c1-19(2)15-30(26(32)28-22-12-11-20(3)24(27)14-22)18-25(31)29(17-23-10-7-13-33-23)16-21-8-5-4-6-9-21/h4-14,19H,15-18H2,1-3H3,(H,28,32). The topological polar surface area (TPSA) is 52.7 Å². The molecule has 2 aromatic carbocycles. The maximum absolute atomic E-state index is 13.4. The smallest absolute Gasteiger partial charge is 0.322 e. The van der Waals surface area contributed by atoms with Crippen LogP contribution in [0.5, 0.6) is 0 Å². The van der Waals surface area contributed by atoms with Gasteiger partial charge in [-0.05, 0) is 47.5 Å². The number of amides is 3. The molecule has 0 atom stereocenters. The summed E-state index contributed by atoms with van der Waals surface area (Å²) in [5.74, 6) is 0.120. The van der Waals surface area contributed by atoms with Crippen LogP contribution in [0.2, 0.25) is 5.02 Å². The number of anilines is 1. The number of benzene rings is 2. The summed E-state index contributed by atoms with van der Waals surface area (Å²) < 4.78 is 0. The molecule has 174 valence electrons. The highest BCUT2D eigenvalue weighted by molar-refractivity contribution is 7.09. The van der Waals surface area contributed by atoms with E-state index in [0.717, 1.165) is 16.0 Å². The van der Waals surface area contributed by atoms with Crippen LogP contribution in [0.15, 0.2) is 66.0 Å². The van der Waals surface area contributed by atoms with Gasteiger partial charge in [-0.15, -0.1) is 11.3 Å². The molecule has 0 aliphatic rings. The van der Waals surface area contributed by atoms with E-state index < -0.39 is 0 Å². The van der Waals surface area contributed by atoms with E-state index in [4.69, 9.17) is 11.6 Å². The monoisotopic (exact) mass is 483 g/mol. The Morgan fingerprint density at radius 2 is 1.76 bits per heavy atom. The zero-order valence-electron chi connectivity index (χ0n) is 19.3. The second-order valence-corrected chi connectivity index (χ2v) is 9.92. The molecule has 33 heavy (non-hydrogen) atoms. The van der Waals surface area contributed by atoms with Gasteiger partial charge in [0, 0.05) is 28.7 Å². The SMILES string of the molecule is Cc1ccc(NC(=O)N(CC(=O)N(Cc2ccccc2)Cc2cccs2)CC(C)C)cc1Cl. The van der Waals surface area contributed by atoms with Gasteiger partial charge in [-0.3, -0.25) is 4.79 Å². The van der Waals surface area contributed by atoms with Crippen LogP contribution < -0.4 is 5.32 Å². The number of carbonyl (C=O) groups excluding carboxylic acids is 2. The fourth-order valence-electron chi connectivity index (χ4n) is 3.42. The maximum Gasteiger partial charge on any atom is 0.322 e. The van der Waals surface area contributed by atoms with Crippen molar-refractivity contribution >= 4 is 40.6 Å². The molecule has 0 spiro atoms. The van der Waals surface area contributed by atoms with Crippen LogP contribution in [0.1, 0.15) is 29.9 Å². The summed E-state index contributed by atoms with van der Waals surface area (Å²) in [6, 6.07) is 19.0. The highest BCUT2D eigenvalue weighted by Crippen LogP contribution is 2.21. The average molecular weight is 484 g/mol. The van der Waals surface area contributed by atoms with Crippen LogP contribution in [-0.2, 0) is 17.9 Å². The largest absolute Gasteiger partial charge is 0.332 e. The fraction of sp³-hybridized carbons (Fsp3) is 0.308. The maximum atomic E-state index is 13.4. The first kappa shape index (κ1) is 24.8. The third kappa shape index (κ3) is 7.62. The summed E-state index contributed by atoms with van der Waals surface area (Å²) in [5, 5.41) is 5.48. The van der Waals surface area contributed by atoms with Gasteiger partial charge in [-0.1, -0.05) is 67.9 Å². The minimum atomic E-state index is -0.312. The normalized spacial score (nSPS) is 10.8. The molecule has 5 nitrogen and oxygen atoms in total. The van der Waals surface area contributed by atoms with E-state index >= 15 is 0 Å². The predicted octanol–water partition coefficient (Wildman–Crippen LogP) is 6.43. The van der Waals surface area contributed by atoms with Crippen molar-refractivity contribution in [2.45, 2.75) is 33.9 Å². The Labute approximate surface area is 205 Å². The molecule has 1 aromatic heterocycles. The number of hydrogen-bond donors (Lipinski definition) is 1. The van der Waals surface area contributed by atoms with Crippen molar-refractivity contribution in [1.82, 2.24) is 9.80 Å². The van der Waals surface area contributed by atoms with Gasteiger partial charge in [0.1, 0.15) is 6.54 Å². The van der Waals surface area contributed by atoms with E-state index in [2.05, 4.69) is 5.32 Å². The lowest BCUT2D eigenvalue weighted by Crippen LogP contribution is -2.45. The first-order valence-electron chi connectivity index (χ1n) is 11.0. The van der Waals surface area contributed by atoms with Crippen molar-refractivity contribution in [3.8, 4) is 0 Å². The van der Waals surface area contributed by atoms with E-state index in [1.165, 1.54) is 0 Å². The first-order chi connectivity index (χ1) is 15.8. The summed E-state index contributed by atoms with van der Waals surface area (Å²) in [6.45, 7) is 7.43. The summed E-state index contributed by atoms with van der Waals surface area (Å²) >= 11 is 7.83. The summed E-state index contributed by atoms with van der Waals surface area (Å²) in [6.07, 6.45) is 0. The number of urea groups is 1. The van der Waals surface area contributed by atoms with Crippen LogP contribution in [0.25, 0.3) is 0 Å². The van der Waals surface area contributed by atoms with Gasteiger partial charge in [0.25, 0.3) is 0 Å². The minimum absolute atomic E-state index is 0.00180. The van der Waals surface area contributed by atoms with Crippen molar-refractivity contribution in [2.75, 3.05) is 18.4 Å². The van der Waals surface area contributed by atoms with Crippen LogP contribution in [0.3, 0.4) is 0 Å². The summed E-state index contributed by atoms with van der Waals surface area (Å²) in [7, 11) is 0. The average Bonchev–Trinajstić information content (AvgIpc) is 3.29. The Morgan fingerprint density at radius 3 is 2.39 bits per heavy atom. The zero-order valence-corrected chi connectivity index (χ0v) is 20.8. The van der Waals surface area contributed by atoms with E-state index in [0.29, 0.717) is 30.3 Å². The van der Waals surface area contributed by atoms with Crippen LogP contribution in [-0.4, -0.2) is 34.8 Å². The van der Waals surface area contributed by atoms with Crippen LogP contribution in [0, 0.1) is 12.8 Å². The molecule has 0 bridgehead atoms. The van der Waals surface area contributed by atoms with E-state index in [9.17, 15) is 9.59 Å². The lowest BCUT2D eigenvalue weighted by molar-refractivity contribution is -0.133. The fourth-order valence-corrected chi connectivity index (χ4v) is 4.32. The number of halogens is 1. The van der Waals surface area contributed by atoms with Crippen molar-refractivity contribution in [2.24, 2.45) is 5.92 Å². The van der Waals surface area contributed by atoms with Gasteiger partial charge in [0.2, 0.25) is 5.91 Å². The zero-order chi connectivity index (χ0) is 23.8. The van der Waals surface area contributed by atoms with Crippen molar-refractivity contribution in [3.63, 3.8) is 0 Å². The number of carbonyl (C=O) groups is 2. The van der Waals surface area contributed by atoms with Gasteiger partial charge in [-0.25, -0.2) is 4.79 Å². The van der Waals surface area contributed by atoms with Crippen molar-refractivity contribution < 1.29 is 9.59 Å². The molecular weight excluding hydrogens is 454 g/mol. The molecule has 3 rings (SSSR count). The highest BCUT2D eigenvalue weighted by atomic mass is 35.5. The predicted molar refractivity (Wildman–Crippen MR) is 137 cm³/mol. The Kier molecular flexibility index (Phi) is 8.92. The van der Waals surface area contributed by atoms with E-state index in [1.54, 1.807) is 22.3 Å². The third-order valence-electron chi connectivity index (χ3n) is 5.12. The number of aryl methyl sites for hydroxylation is 1. The summed E-state index contributed by atoms with van der Waals surface area (Å²) in [4.78, 5) is 31.0. The number of nitrogens with zero attached hydrogens (tertiary/aromatic N) is 2. The second kappa shape index (κ2) is 11.9. The Balaban J connectivity index is 1.75. The van der Waals surface area contributed by atoms with Gasteiger partial charge in [0.15, 0.2) is 0 Å². The molecule has 0 radical (unpaired) electrons. The quantitative estimate of drug-likeness (QED) is 0.381. The van der Waals surface area contributed by atoms with Crippen molar-refractivity contribution in [1.29, 1.82) is 0 Å². The Bertz CT molecular complexity index is 1050. The molecule has 3 aromatic rings. The molecule has 0 aliphatic carbocycles. The molecule has 3 amide bonds. The number of nitrogens with one attached hydrogen (secondary N) is 1. The highest BCUT2D eigenvalue weighted by Gasteiger charge is 2.23. The number of thiophene rings is 1. The molecule has 0 saturated heterocycles. The molecule has 0 unspecified atom stereocenters. The van der Waals surface area contributed by atoms with Gasteiger partial charge in [0.05, 0.1) is 6.54 Å². The summed E-state index contributed by atoms with van der Waals surface area (Å²) in [5.41, 5.74) is 2.60. The van der Waals surface area contributed by atoms with Crippen molar-refractivity contribution in [3.05, 3.63) is 87.1 Å². The molecule has 1 N–H and O–H groups in total. The molecule has 0 saturated carbocycles. The van der Waals surface area contributed by atoms with Crippen LogP contribution >= 0.6 is 22.9 Å². The number of rotatable bonds is 9. The lowest BCUT2D eigenvalue weighted by atomic mass is 10.2. The molecular formula is C26H30ClN3O2S. The van der Waals surface area contributed by atoms with Gasteiger partial charge in [-0.2, -0.15) is 0 Å².